The van der Waals surface area contributed by atoms with Gasteiger partial charge in [0.25, 0.3) is 0 Å². The maximum absolute atomic E-state index is 12.4. The van der Waals surface area contributed by atoms with Crippen molar-refractivity contribution in [1.82, 2.24) is 15.3 Å². The predicted molar refractivity (Wildman–Crippen MR) is 87.7 cm³/mol. The molecule has 0 unspecified atom stereocenters. The highest BCUT2D eigenvalue weighted by Crippen LogP contribution is 2.28. The van der Waals surface area contributed by atoms with Gasteiger partial charge in [0.15, 0.2) is 0 Å². The Hall–Kier alpha value is -3.17. The van der Waals surface area contributed by atoms with Gasteiger partial charge in [0.05, 0.1) is 29.7 Å². The van der Waals surface area contributed by atoms with Crippen LogP contribution in [0.15, 0.2) is 30.6 Å². The molecule has 0 bridgehead atoms. The highest BCUT2D eigenvalue weighted by atomic mass is 19.4. The first-order valence-electron chi connectivity index (χ1n) is 7.56. The van der Waals surface area contributed by atoms with E-state index < -0.39 is 23.6 Å². The molecule has 26 heavy (non-hydrogen) atoms. The number of nitrogen functional groups attached to an aromatic ring is 1. The van der Waals surface area contributed by atoms with E-state index in [0.717, 1.165) is 17.7 Å². The zero-order valence-electron chi connectivity index (χ0n) is 13.7. The minimum atomic E-state index is -4.49. The molecule has 0 radical (unpaired) electrons. The maximum atomic E-state index is 12.4. The van der Waals surface area contributed by atoms with Gasteiger partial charge in [0, 0.05) is 6.20 Å². The van der Waals surface area contributed by atoms with Gasteiger partial charge in [0.2, 0.25) is 0 Å². The van der Waals surface area contributed by atoms with E-state index >= 15 is 0 Å². The van der Waals surface area contributed by atoms with Crippen LogP contribution in [0.3, 0.4) is 0 Å². The summed E-state index contributed by atoms with van der Waals surface area (Å²) in [5.74, 6) is -1.56. The molecule has 2 rings (SSSR count). The van der Waals surface area contributed by atoms with Crippen LogP contribution in [0.1, 0.15) is 23.7 Å². The summed E-state index contributed by atoms with van der Waals surface area (Å²) in [6, 6.07) is 3.57. The number of amides is 2. The predicted octanol–water partition coefficient (Wildman–Crippen LogP) is 1.89. The van der Waals surface area contributed by atoms with E-state index in [-0.39, 0.29) is 12.2 Å². The number of hydrogen-bond donors (Lipinski definition) is 3. The zero-order chi connectivity index (χ0) is 19.3. The second kappa shape index (κ2) is 7.81. The van der Waals surface area contributed by atoms with E-state index in [1.54, 1.807) is 6.07 Å². The number of anilines is 2. The average molecular weight is 367 g/mol. The molecule has 2 aromatic rings. The van der Waals surface area contributed by atoms with Gasteiger partial charge in [-0.05, 0) is 30.2 Å². The fourth-order valence-electron chi connectivity index (χ4n) is 2.01. The number of aromatic nitrogens is 2. The van der Waals surface area contributed by atoms with E-state index in [9.17, 15) is 22.8 Å². The summed E-state index contributed by atoms with van der Waals surface area (Å²) in [6.45, 7) is 1.67. The van der Waals surface area contributed by atoms with E-state index in [1.165, 1.54) is 6.20 Å². The highest BCUT2D eigenvalue weighted by molar-refractivity contribution is 6.39. The number of halogens is 3. The van der Waals surface area contributed by atoms with E-state index in [0.29, 0.717) is 24.1 Å². The SMILES string of the molecule is CCc1cc(NC(=O)C(=O)NCc2ccc(C(F)(F)F)cn2)cnc1N. The van der Waals surface area contributed by atoms with Crippen LogP contribution in [-0.4, -0.2) is 21.8 Å². The number of nitrogens with one attached hydrogen (secondary N) is 2. The van der Waals surface area contributed by atoms with Crippen molar-refractivity contribution in [2.75, 3.05) is 11.1 Å². The van der Waals surface area contributed by atoms with Gasteiger partial charge in [0.1, 0.15) is 5.82 Å². The molecular formula is C16H16F3N5O2. The molecule has 7 nitrogen and oxygen atoms in total. The Morgan fingerprint density at radius 2 is 1.88 bits per heavy atom. The Balaban J connectivity index is 1.92. The minimum Gasteiger partial charge on any atom is -0.383 e. The molecule has 0 aromatic carbocycles. The number of carbonyl (C=O) groups is 2. The van der Waals surface area contributed by atoms with Crippen molar-refractivity contribution in [1.29, 1.82) is 0 Å². The number of nitrogens with two attached hydrogens (primary N) is 1. The third kappa shape index (κ3) is 4.91. The first-order chi connectivity index (χ1) is 12.2. The third-order valence-corrected chi connectivity index (χ3v) is 3.43. The second-order valence-corrected chi connectivity index (χ2v) is 5.29. The number of nitrogens with zero attached hydrogens (tertiary/aromatic N) is 2. The van der Waals surface area contributed by atoms with Crippen LogP contribution in [0, 0.1) is 0 Å². The first kappa shape index (κ1) is 19.2. The van der Waals surface area contributed by atoms with Crippen molar-refractivity contribution in [2.45, 2.75) is 26.1 Å². The standard InChI is InChI=1S/C16H16F3N5O2/c1-2-9-5-12(8-22-13(9)20)24-15(26)14(25)23-7-11-4-3-10(6-21-11)16(17,18)19/h3-6,8H,2,7H2,1H3,(H2,20,22)(H,23,25)(H,24,26). The summed E-state index contributed by atoms with van der Waals surface area (Å²) in [4.78, 5) is 31.2. The first-order valence-corrected chi connectivity index (χ1v) is 7.56. The molecule has 0 atom stereocenters. The van der Waals surface area contributed by atoms with Gasteiger partial charge >= 0.3 is 18.0 Å². The fourth-order valence-corrected chi connectivity index (χ4v) is 2.01. The van der Waals surface area contributed by atoms with Crippen molar-refractivity contribution in [2.24, 2.45) is 0 Å². The van der Waals surface area contributed by atoms with Crippen LogP contribution >= 0.6 is 0 Å². The van der Waals surface area contributed by atoms with Crippen LogP contribution in [0.4, 0.5) is 24.7 Å². The van der Waals surface area contributed by atoms with Crippen LogP contribution in [-0.2, 0) is 28.7 Å². The van der Waals surface area contributed by atoms with Crippen molar-refractivity contribution in [3.8, 4) is 0 Å². The Labute approximate surface area is 146 Å². The van der Waals surface area contributed by atoms with Gasteiger partial charge < -0.3 is 16.4 Å². The molecule has 0 saturated heterocycles. The summed E-state index contributed by atoms with van der Waals surface area (Å²) in [5, 5.41) is 4.65. The molecule has 10 heteroatoms. The quantitative estimate of drug-likeness (QED) is 0.715. The van der Waals surface area contributed by atoms with Crippen LogP contribution in [0.5, 0.6) is 0 Å². The molecule has 0 aliphatic carbocycles. The molecule has 138 valence electrons. The number of rotatable bonds is 4. The van der Waals surface area contributed by atoms with Crippen LogP contribution < -0.4 is 16.4 Å². The molecule has 0 spiro atoms. The van der Waals surface area contributed by atoms with Crippen molar-refractivity contribution in [3.63, 3.8) is 0 Å². The Morgan fingerprint density at radius 3 is 2.46 bits per heavy atom. The number of aryl methyl sites for hydroxylation is 1. The van der Waals surface area contributed by atoms with Crippen molar-refractivity contribution in [3.05, 3.63) is 47.4 Å². The summed E-state index contributed by atoms with van der Waals surface area (Å²) in [7, 11) is 0. The smallest absolute Gasteiger partial charge is 0.383 e. The third-order valence-electron chi connectivity index (χ3n) is 3.43. The molecule has 2 amide bonds. The largest absolute Gasteiger partial charge is 0.417 e. The lowest BCUT2D eigenvalue weighted by atomic mass is 10.2. The number of alkyl halides is 3. The number of pyridine rings is 2. The summed E-state index contributed by atoms with van der Waals surface area (Å²) >= 11 is 0. The van der Waals surface area contributed by atoms with E-state index in [4.69, 9.17) is 5.73 Å². The molecule has 2 heterocycles. The monoisotopic (exact) mass is 367 g/mol. The van der Waals surface area contributed by atoms with Crippen molar-refractivity contribution >= 4 is 23.3 Å². The number of carbonyl (C=O) groups excluding carboxylic acids is 2. The van der Waals surface area contributed by atoms with Gasteiger partial charge in [-0.15, -0.1) is 0 Å². The topological polar surface area (TPSA) is 110 Å². The Morgan fingerprint density at radius 1 is 1.15 bits per heavy atom. The van der Waals surface area contributed by atoms with Gasteiger partial charge in [-0.2, -0.15) is 13.2 Å². The lowest BCUT2D eigenvalue weighted by Crippen LogP contribution is -2.35. The highest BCUT2D eigenvalue weighted by Gasteiger charge is 2.30. The lowest BCUT2D eigenvalue weighted by molar-refractivity contribution is -0.137. The Bertz CT molecular complexity index is 807. The van der Waals surface area contributed by atoms with Gasteiger partial charge in [-0.25, -0.2) is 4.98 Å². The van der Waals surface area contributed by atoms with Crippen molar-refractivity contribution < 1.29 is 22.8 Å². The summed E-state index contributed by atoms with van der Waals surface area (Å²) in [6.07, 6.45) is -1.90. The average Bonchev–Trinajstić information content (AvgIpc) is 2.60. The zero-order valence-corrected chi connectivity index (χ0v) is 13.7. The molecule has 0 saturated carbocycles. The van der Waals surface area contributed by atoms with E-state index in [2.05, 4.69) is 20.6 Å². The molecule has 0 aliphatic rings. The normalized spacial score (nSPS) is 11.1. The Kier molecular flexibility index (Phi) is 5.75. The van der Waals surface area contributed by atoms with Crippen LogP contribution in [0.2, 0.25) is 0 Å². The number of hydrogen-bond acceptors (Lipinski definition) is 5. The summed E-state index contributed by atoms with van der Waals surface area (Å²) < 4.78 is 37.3. The van der Waals surface area contributed by atoms with Crippen LogP contribution in [0.25, 0.3) is 0 Å². The molecule has 0 aliphatic heterocycles. The molecule has 2 aromatic heterocycles. The van der Waals surface area contributed by atoms with Gasteiger partial charge in [-0.3, -0.25) is 14.6 Å². The summed E-state index contributed by atoms with van der Waals surface area (Å²) in [5.41, 5.74) is 5.97. The maximum Gasteiger partial charge on any atom is 0.417 e. The molecular weight excluding hydrogens is 351 g/mol. The lowest BCUT2D eigenvalue weighted by Gasteiger charge is -2.09. The van der Waals surface area contributed by atoms with Gasteiger partial charge in [-0.1, -0.05) is 6.92 Å². The van der Waals surface area contributed by atoms with E-state index in [1.807, 2.05) is 6.92 Å². The molecule has 4 N–H and O–H groups in total. The molecule has 0 fully saturated rings. The second-order valence-electron chi connectivity index (χ2n) is 5.29. The minimum absolute atomic E-state index is 0.182. The fraction of sp³-hybridized carbons (Fsp3) is 0.250.